The van der Waals surface area contributed by atoms with Crippen LogP contribution < -0.4 is 16.8 Å². The molecule has 0 unspecified atom stereocenters. The zero-order valence-corrected chi connectivity index (χ0v) is 9.88. The molecule has 0 saturated heterocycles. The second-order valence-electron chi connectivity index (χ2n) is 4.03. The van der Waals surface area contributed by atoms with Gasteiger partial charge in [-0.2, -0.15) is 4.98 Å². The van der Waals surface area contributed by atoms with Gasteiger partial charge in [0, 0.05) is 6.54 Å². The molecular weight excluding hydrogens is 230 g/mol. The Morgan fingerprint density at radius 1 is 1.62 bits per heavy atom. The Morgan fingerprint density at radius 2 is 2.25 bits per heavy atom. The lowest BCUT2D eigenvalue weighted by molar-refractivity contribution is -0.125. The molecule has 88 valence electrons. The van der Waals surface area contributed by atoms with Crippen LogP contribution in [0, 0.1) is 5.41 Å². The first-order chi connectivity index (χ1) is 7.33. The number of aromatic nitrogens is 2. The van der Waals surface area contributed by atoms with Gasteiger partial charge in [0.25, 0.3) is 0 Å². The maximum Gasteiger partial charge on any atom is 0.224 e. The minimum Gasteiger partial charge on any atom is -0.369 e. The Bertz CT molecular complexity index is 407. The second kappa shape index (κ2) is 4.52. The standard InChI is InChI=1S/C9H14ClN5O/c1-9(2,7(11)16)4-14-6-5(10)3-13-8(12)15-6/h3H,4H2,1-2H3,(H2,11,16)(H3,12,13,14,15). The average Bonchev–Trinajstić information content (AvgIpc) is 2.19. The number of nitrogens with zero attached hydrogens (tertiary/aromatic N) is 2. The van der Waals surface area contributed by atoms with Crippen molar-refractivity contribution in [2.75, 3.05) is 17.6 Å². The molecule has 5 N–H and O–H groups in total. The molecule has 0 aromatic carbocycles. The van der Waals surface area contributed by atoms with Crippen LogP contribution >= 0.6 is 11.6 Å². The zero-order valence-electron chi connectivity index (χ0n) is 9.12. The minimum absolute atomic E-state index is 0.115. The van der Waals surface area contributed by atoms with Crippen molar-refractivity contribution in [3.63, 3.8) is 0 Å². The third-order valence-corrected chi connectivity index (χ3v) is 2.40. The number of hydrogen-bond acceptors (Lipinski definition) is 5. The maximum absolute atomic E-state index is 11.1. The van der Waals surface area contributed by atoms with Crippen molar-refractivity contribution in [3.8, 4) is 0 Å². The van der Waals surface area contributed by atoms with Crippen molar-refractivity contribution in [1.29, 1.82) is 0 Å². The summed E-state index contributed by atoms with van der Waals surface area (Å²) in [6, 6.07) is 0. The third-order valence-electron chi connectivity index (χ3n) is 2.13. The highest BCUT2D eigenvalue weighted by Crippen LogP contribution is 2.21. The van der Waals surface area contributed by atoms with Crippen molar-refractivity contribution in [2.24, 2.45) is 11.1 Å². The van der Waals surface area contributed by atoms with Crippen LogP contribution in [-0.2, 0) is 4.79 Å². The molecule has 0 aliphatic heterocycles. The van der Waals surface area contributed by atoms with Crippen LogP contribution in [0.25, 0.3) is 0 Å². The van der Waals surface area contributed by atoms with Gasteiger partial charge in [-0.05, 0) is 13.8 Å². The van der Waals surface area contributed by atoms with E-state index < -0.39 is 11.3 Å². The highest BCUT2D eigenvalue weighted by atomic mass is 35.5. The predicted molar refractivity (Wildman–Crippen MR) is 62.9 cm³/mol. The summed E-state index contributed by atoms with van der Waals surface area (Å²) in [7, 11) is 0. The van der Waals surface area contributed by atoms with Gasteiger partial charge in [0.05, 0.1) is 11.6 Å². The topological polar surface area (TPSA) is 107 Å². The highest BCUT2D eigenvalue weighted by molar-refractivity contribution is 6.32. The number of carbonyl (C=O) groups excluding carboxylic acids is 1. The van der Waals surface area contributed by atoms with Crippen molar-refractivity contribution >= 4 is 29.3 Å². The SMILES string of the molecule is CC(C)(CNc1nc(N)ncc1Cl)C(N)=O. The lowest BCUT2D eigenvalue weighted by Crippen LogP contribution is -2.37. The molecule has 0 saturated carbocycles. The normalized spacial score (nSPS) is 11.2. The molecule has 0 spiro atoms. The molecule has 1 aromatic heterocycles. The Hall–Kier alpha value is -1.56. The van der Waals surface area contributed by atoms with Crippen LogP contribution in [0.1, 0.15) is 13.8 Å². The number of nitrogen functional groups attached to an aromatic ring is 1. The molecule has 0 aliphatic rings. The van der Waals surface area contributed by atoms with E-state index in [-0.39, 0.29) is 5.95 Å². The molecule has 16 heavy (non-hydrogen) atoms. The van der Waals surface area contributed by atoms with Crippen LogP contribution in [0.4, 0.5) is 11.8 Å². The fraction of sp³-hybridized carbons (Fsp3) is 0.444. The van der Waals surface area contributed by atoms with E-state index in [1.165, 1.54) is 6.20 Å². The summed E-state index contributed by atoms with van der Waals surface area (Å²) in [4.78, 5) is 18.7. The van der Waals surface area contributed by atoms with Gasteiger partial charge in [0.2, 0.25) is 11.9 Å². The second-order valence-corrected chi connectivity index (χ2v) is 4.43. The third kappa shape index (κ3) is 2.96. The minimum atomic E-state index is -0.691. The number of hydrogen-bond donors (Lipinski definition) is 3. The molecular formula is C9H14ClN5O. The van der Waals surface area contributed by atoms with E-state index in [1.54, 1.807) is 13.8 Å². The van der Waals surface area contributed by atoms with Crippen molar-refractivity contribution < 1.29 is 4.79 Å². The quantitative estimate of drug-likeness (QED) is 0.719. The molecule has 0 atom stereocenters. The fourth-order valence-corrected chi connectivity index (χ4v) is 1.05. The summed E-state index contributed by atoms with van der Waals surface area (Å²) in [6.45, 7) is 3.76. The number of rotatable bonds is 4. The molecule has 1 aromatic rings. The van der Waals surface area contributed by atoms with Gasteiger partial charge in [0.1, 0.15) is 5.02 Å². The van der Waals surface area contributed by atoms with E-state index in [2.05, 4.69) is 15.3 Å². The van der Waals surface area contributed by atoms with Gasteiger partial charge in [0.15, 0.2) is 5.82 Å². The Kier molecular flexibility index (Phi) is 3.54. The van der Waals surface area contributed by atoms with Crippen LogP contribution in [-0.4, -0.2) is 22.4 Å². The van der Waals surface area contributed by atoms with Gasteiger partial charge in [-0.1, -0.05) is 11.6 Å². The van der Waals surface area contributed by atoms with E-state index in [0.717, 1.165) is 0 Å². The van der Waals surface area contributed by atoms with Crippen LogP contribution in [0.5, 0.6) is 0 Å². The Morgan fingerprint density at radius 3 is 2.81 bits per heavy atom. The summed E-state index contributed by atoms with van der Waals surface area (Å²) in [5.41, 5.74) is 9.96. The maximum atomic E-state index is 11.1. The van der Waals surface area contributed by atoms with Crippen LogP contribution in [0.15, 0.2) is 6.20 Å². The fourth-order valence-electron chi connectivity index (χ4n) is 0.897. The first-order valence-corrected chi connectivity index (χ1v) is 5.02. The number of amides is 1. The molecule has 1 amide bonds. The smallest absolute Gasteiger partial charge is 0.224 e. The van der Waals surface area contributed by atoms with Gasteiger partial charge < -0.3 is 16.8 Å². The Balaban J connectivity index is 2.75. The number of anilines is 2. The lowest BCUT2D eigenvalue weighted by atomic mass is 9.93. The molecule has 6 nitrogen and oxygen atoms in total. The lowest BCUT2D eigenvalue weighted by Gasteiger charge is -2.21. The van der Waals surface area contributed by atoms with Gasteiger partial charge in [-0.15, -0.1) is 0 Å². The van der Waals surface area contributed by atoms with Gasteiger partial charge in [-0.25, -0.2) is 4.98 Å². The molecule has 0 aliphatic carbocycles. The number of carbonyl (C=O) groups is 1. The van der Waals surface area contributed by atoms with E-state index in [9.17, 15) is 4.79 Å². The molecule has 7 heteroatoms. The van der Waals surface area contributed by atoms with Crippen molar-refractivity contribution in [1.82, 2.24) is 9.97 Å². The highest BCUT2D eigenvalue weighted by Gasteiger charge is 2.25. The summed E-state index contributed by atoms with van der Waals surface area (Å²) >= 11 is 5.85. The molecule has 0 fully saturated rings. The number of halogens is 1. The van der Waals surface area contributed by atoms with E-state index in [1.807, 2.05) is 0 Å². The van der Waals surface area contributed by atoms with Gasteiger partial charge in [-0.3, -0.25) is 4.79 Å². The molecule has 1 rings (SSSR count). The number of nitrogens with two attached hydrogens (primary N) is 2. The monoisotopic (exact) mass is 243 g/mol. The summed E-state index contributed by atoms with van der Waals surface area (Å²) in [5.74, 6) is 0.102. The predicted octanol–water partition coefficient (Wildman–Crippen LogP) is 0.636. The first kappa shape index (κ1) is 12.5. The van der Waals surface area contributed by atoms with Gasteiger partial charge >= 0.3 is 0 Å². The van der Waals surface area contributed by atoms with E-state index >= 15 is 0 Å². The van der Waals surface area contributed by atoms with Crippen LogP contribution in [0.3, 0.4) is 0 Å². The Labute approximate surface area is 98.4 Å². The number of nitrogens with one attached hydrogen (secondary N) is 1. The summed E-state index contributed by atoms with van der Waals surface area (Å²) < 4.78 is 0. The van der Waals surface area contributed by atoms with Crippen molar-refractivity contribution in [3.05, 3.63) is 11.2 Å². The summed E-state index contributed by atoms with van der Waals surface area (Å²) in [5, 5.41) is 3.25. The summed E-state index contributed by atoms with van der Waals surface area (Å²) in [6.07, 6.45) is 1.39. The molecule has 0 bridgehead atoms. The van der Waals surface area contributed by atoms with Crippen LogP contribution in [0.2, 0.25) is 5.02 Å². The largest absolute Gasteiger partial charge is 0.369 e. The first-order valence-electron chi connectivity index (χ1n) is 4.65. The number of primary amides is 1. The van der Waals surface area contributed by atoms with Crippen molar-refractivity contribution in [2.45, 2.75) is 13.8 Å². The molecule has 1 heterocycles. The average molecular weight is 244 g/mol. The zero-order chi connectivity index (χ0) is 12.3. The van der Waals surface area contributed by atoms with E-state index in [0.29, 0.717) is 17.4 Å². The van der Waals surface area contributed by atoms with E-state index in [4.69, 9.17) is 23.1 Å². The molecule has 0 radical (unpaired) electrons.